The minimum absolute atomic E-state index is 1.09. The molecule has 1 aliphatic rings. The Morgan fingerprint density at radius 3 is 2.54 bits per heavy atom. The summed E-state index contributed by atoms with van der Waals surface area (Å²) in [6.45, 7) is 2.27. The normalized spacial score (nSPS) is 19.2. The lowest BCUT2D eigenvalue weighted by molar-refractivity contribution is 0.337. The zero-order chi connectivity index (χ0) is 9.36. The Morgan fingerprint density at radius 2 is 1.85 bits per heavy atom. The van der Waals surface area contributed by atoms with E-state index in [0.717, 1.165) is 5.92 Å². The Kier molecular flexibility index (Phi) is 6.79. The molecule has 0 atom stereocenters. The molecule has 1 fully saturated rings. The van der Waals surface area contributed by atoms with Gasteiger partial charge in [-0.05, 0) is 36.7 Å². The van der Waals surface area contributed by atoms with Gasteiger partial charge < -0.3 is 0 Å². The van der Waals surface area contributed by atoms with Crippen LogP contribution in [-0.4, -0.2) is 11.5 Å². The van der Waals surface area contributed by atoms with Crippen molar-refractivity contribution in [1.29, 1.82) is 0 Å². The summed E-state index contributed by atoms with van der Waals surface area (Å²) in [6, 6.07) is 0. The second-order valence-corrected chi connectivity index (χ2v) is 5.48. The lowest BCUT2D eigenvalue weighted by Crippen LogP contribution is -2.06. The van der Waals surface area contributed by atoms with Gasteiger partial charge in [-0.1, -0.05) is 39.0 Å². The van der Waals surface area contributed by atoms with Crippen LogP contribution in [0.4, 0.5) is 0 Å². The number of hydrogen-bond acceptors (Lipinski definition) is 1. The fraction of sp³-hybridized carbons (Fsp3) is 1.00. The molecular formula is C12H24S. The standard InChI is InChI=1S/C12H24S/c1-2-10-13-11-6-9-12-7-4-3-5-8-12/h12H,2-11H2,1H3. The topological polar surface area (TPSA) is 0 Å². The fourth-order valence-electron chi connectivity index (χ4n) is 2.20. The van der Waals surface area contributed by atoms with E-state index in [0.29, 0.717) is 0 Å². The van der Waals surface area contributed by atoms with E-state index < -0.39 is 0 Å². The molecule has 1 heteroatoms. The first-order chi connectivity index (χ1) is 6.43. The van der Waals surface area contributed by atoms with E-state index >= 15 is 0 Å². The van der Waals surface area contributed by atoms with Crippen LogP contribution in [-0.2, 0) is 0 Å². The van der Waals surface area contributed by atoms with Crippen molar-refractivity contribution in [3.05, 3.63) is 0 Å². The van der Waals surface area contributed by atoms with Gasteiger partial charge in [0.1, 0.15) is 0 Å². The zero-order valence-electron chi connectivity index (χ0n) is 9.06. The van der Waals surface area contributed by atoms with Crippen molar-refractivity contribution in [2.24, 2.45) is 5.92 Å². The third kappa shape index (κ3) is 5.61. The Balaban J connectivity index is 1.86. The van der Waals surface area contributed by atoms with Crippen LogP contribution >= 0.6 is 11.8 Å². The molecule has 0 bridgehead atoms. The summed E-state index contributed by atoms with van der Waals surface area (Å²) in [6.07, 6.45) is 11.9. The second-order valence-electron chi connectivity index (χ2n) is 4.26. The summed E-state index contributed by atoms with van der Waals surface area (Å²) in [5.74, 6) is 3.87. The summed E-state index contributed by atoms with van der Waals surface area (Å²) >= 11 is 2.14. The molecular weight excluding hydrogens is 176 g/mol. The van der Waals surface area contributed by atoms with E-state index in [4.69, 9.17) is 0 Å². The molecule has 0 amide bonds. The van der Waals surface area contributed by atoms with Crippen molar-refractivity contribution in [3.63, 3.8) is 0 Å². The van der Waals surface area contributed by atoms with Gasteiger partial charge in [0, 0.05) is 0 Å². The first-order valence-electron chi connectivity index (χ1n) is 6.01. The van der Waals surface area contributed by atoms with Crippen LogP contribution in [0, 0.1) is 5.92 Å². The molecule has 0 aromatic rings. The quantitative estimate of drug-likeness (QED) is 0.569. The van der Waals surface area contributed by atoms with Gasteiger partial charge in [-0.15, -0.1) is 0 Å². The highest BCUT2D eigenvalue weighted by molar-refractivity contribution is 7.99. The molecule has 0 spiro atoms. The predicted octanol–water partition coefficient (Wildman–Crippen LogP) is 4.49. The highest BCUT2D eigenvalue weighted by Gasteiger charge is 2.12. The maximum Gasteiger partial charge on any atom is -0.00674 e. The van der Waals surface area contributed by atoms with Crippen LogP contribution in [0.15, 0.2) is 0 Å². The van der Waals surface area contributed by atoms with Crippen LogP contribution in [0.5, 0.6) is 0 Å². The van der Waals surface area contributed by atoms with E-state index in [1.54, 1.807) is 0 Å². The van der Waals surface area contributed by atoms with Gasteiger partial charge in [-0.2, -0.15) is 11.8 Å². The van der Waals surface area contributed by atoms with Crippen molar-refractivity contribution < 1.29 is 0 Å². The van der Waals surface area contributed by atoms with Crippen molar-refractivity contribution in [3.8, 4) is 0 Å². The SMILES string of the molecule is CCCSCCCC1CCCCC1. The van der Waals surface area contributed by atoms with Gasteiger partial charge in [0.05, 0.1) is 0 Å². The van der Waals surface area contributed by atoms with Crippen LogP contribution < -0.4 is 0 Å². The molecule has 13 heavy (non-hydrogen) atoms. The average Bonchev–Trinajstić information content (AvgIpc) is 2.19. The van der Waals surface area contributed by atoms with Gasteiger partial charge in [-0.25, -0.2) is 0 Å². The molecule has 1 aliphatic carbocycles. The summed E-state index contributed by atoms with van der Waals surface area (Å²) in [5.41, 5.74) is 0. The van der Waals surface area contributed by atoms with Gasteiger partial charge in [0.2, 0.25) is 0 Å². The fourth-order valence-corrected chi connectivity index (χ4v) is 3.06. The van der Waals surface area contributed by atoms with Crippen LogP contribution in [0.3, 0.4) is 0 Å². The maximum atomic E-state index is 2.27. The lowest BCUT2D eigenvalue weighted by atomic mass is 9.86. The molecule has 0 unspecified atom stereocenters. The molecule has 0 aliphatic heterocycles. The van der Waals surface area contributed by atoms with Crippen molar-refractivity contribution in [1.82, 2.24) is 0 Å². The largest absolute Gasteiger partial charge is 0.162 e. The molecule has 0 saturated heterocycles. The van der Waals surface area contributed by atoms with Gasteiger partial charge in [0.25, 0.3) is 0 Å². The van der Waals surface area contributed by atoms with E-state index in [1.165, 1.54) is 62.9 Å². The predicted molar refractivity (Wildman–Crippen MR) is 63.4 cm³/mol. The third-order valence-corrected chi connectivity index (χ3v) is 4.25. The Hall–Kier alpha value is 0.350. The van der Waals surface area contributed by atoms with Crippen LogP contribution in [0.25, 0.3) is 0 Å². The van der Waals surface area contributed by atoms with Crippen molar-refractivity contribution in [2.45, 2.75) is 58.3 Å². The summed E-state index contributed by atoms with van der Waals surface area (Å²) in [5, 5.41) is 0. The first kappa shape index (κ1) is 11.4. The van der Waals surface area contributed by atoms with E-state index in [9.17, 15) is 0 Å². The minimum atomic E-state index is 1.09. The Labute approximate surface area is 87.9 Å². The molecule has 0 heterocycles. The van der Waals surface area contributed by atoms with Crippen molar-refractivity contribution >= 4 is 11.8 Å². The van der Waals surface area contributed by atoms with Gasteiger partial charge in [0.15, 0.2) is 0 Å². The van der Waals surface area contributed by atoms with Crippen LogP contribution in [0.2, 0.25) is 0 Å². The Morgan fingerprint density at radius 1 is 1.08 bits per heavy atom. The zero-order valence-corrected chi connectivity index (χ0v) is 9.87. The summed E-state index contributed by atoms with van der Waals surface area (Å²) < 4.78 is 0. The molecule has 78 valence electrons. The smallest absolute Gasteiger partial charge is 0.00674 e. The van der Waals surface area contributed by atoms with Crippen LogP contribution in [0.1, 0.15) is 58.3 Å². The molecule has 1 saturated carbocycles. The highest BCUT2D eigenvalue weighted by Crippen LogP contribution is 2.27. The number of thioether (sulfide) groups is 1. The highest BCUT2D eigenvalue weighted by atomic mass is 32.2. The van der Waals surface area contributed by atoms with Crippen molar-refractivity contribution in [2.75, 3.05) is 11.5 Å². The Bertz CT molecular complexity index is 106. The molecule has 0 nitrogen and oxygen atoms in total. The number of hydrogen-bond donors (Lipinski definition) is 0. The summed E-state index contributed by atoms with van der Waals surface area (Å²) in [7, 11) is 0. The van der Waals surface area contributed by atoms with Gasteiger partial charge in [-0.3, -0.25) is 0 Å². The average molecular weight is 200 g/mol. The molecule has 0 aromatic heterocycles. The summed E-state index contributed by atoms with van der Waals surface area (Å²) in [4.78, 5) is 0. The first-order valence-corrected chi connectivity index (χ1v) is 7.16. The molecule has 0 aromatic carbocycles. The lowest BCUT2D eigenvalue weighted by Gasteiger charge is -2.21. The maximum absolute atomic E-state index is 2.27. The van der Waals surface area contributed by atoms with E-state index in [1.807, 2.05) is 0 Å². The van der Waals surface area contributed by atoms with Gasteiger partial charge >= 0.3 is 0 Å². The molecule has 0 radical (unpaired) electrons. The minimum Gasteiger partial charge on any atom is -0.162 e. The van der Waals surface area contributed by atoms with E-state index in [2.05, 4.69) is 18.7 Å². The monoisotopic (exact) mass is 200 g/mol. The molecule has 0 N–H and O–H groups in total. The molecule has 1 rings (SSSR count). The second kappa shape index (κ2) is 7.73. The van der Waals surface area contributed by atoms with E-state index in [-0.39, 0.29) is 0 Å². The number of rotatable bonds is 6. The third-order valence-electron chi connectivity index (χ3n) is 2.97.